The Balaban J connectivity index is 1.68. The van der Waals surface area contributed by atoms with Gasteiger partial charge in [-0.2, -0.15) is 5.10 Å². The molecule has 170 valence electrons. The zero-order chi connectivity index (χ0) is 22.9. The number of rotatable bonds is 8. The molecule has 33 heavy (non-hydrogen) atoms. The largest absolute Gasteiger partial charge is 0.496 e. The van der Waals surface area contributed by atoms with Gasteiger partial charge in [0.15, 0.2) is 0 Å². The van der Waals surface area contributed by atoms with Crippen LogP contribution in [0.3, 0.4) is 0 Å². The number of aromatic nitrogens is 3. The van der Waals surface area contributed by atoms with Gasteiger partial charge >= 0.3 is 0 Å². The van der Waals surface area contributed by atoms with Gasteiger partial charge in [0, 0.05) is 31.0 Å². The Morgan fingerprint density at radius 2 is 2.00 bits per heavy atom. The van der Waals surface area contributed by atoms with Crippen molar-refractivity contribution in [2.75, 3.05) is 24.8 Å². The topological polar surface area (TPSA) is 42.7 Å². The van der Waals surface area contributed by atoms with E-state index in [1.807, 2.05) is 18.5 Å². The fourth-order valence-electron chi connectivity index (χ4n) is 4.64. The third kappa shape index (κ3) is 4.32. The molecular formula is C27H30N4OS. The average Bonchev–Trinajstić information content (AvgIpc) is 3.55. The first-order valence-electron chi connectivity index (χ1n) is 11.4. The van der Waals surface area contributed by atoms with Gasteiger partial charge in [0.25, 0.3) is 0 Å². The second-order valence-corrected chi connectivity index (χ2v) is 9.71. The van der Waals surface area contributed by atoms with E-state index in [9.17, 15) is 0 Å². The van der Waals surface area contributed by atoms with Crippen LogP contribution >= 0.6 is 11.8 Å². The van der Waals surface area contributed by atoms with Crippen LogP contribution < -0.4 is 9.64 Å². The number of aryl methyl sites for hydroxylation is 2. The molecule has 0 N–H and O–H groups in total. The van der Waals surface area contributed by atoms with Crippen molar-refractivity contribution >= 4 is 23.0 Å². The lowest BCUT2D eigenvalue weighted by Gasteiger charge is -2.25. The predicted octanol–water partition coefficient (Wildman–Crippen LogP) is 6.16. The predicted molar refractivity (Wildman–Crippen MR) is 136 cm³/mol. The normalized spacial score (nSPS) is 13.5. The first kappa shape index (κ1) is 21.8. The molecule has 0 atom stereocenters. The Hall–Kier alpha value is -2.99. The summed E-state index contributed by atoms with van der Waals surface area (Å²) in [4.78, 5) is 6.85. The minimum atomic E-state index is 0.758. The molecule has 0 spiro atoms. The second-order valence-electron chi connectivity index (χ2n) is 8.91. The van der Waals surface area contributed by atoms with Crippen molar-refractivity contribution in [1.29, 1.82) is 0 Å². The third-order valence-corrected chi connectivity index (χ3v) is 6.96. The number of ether oxygens (including phenoxy) is 1. The number of hydrogen-bond acceptors (Lipinski definition) is 5. The maximum Gasteiger partial charge on any atom is 0.142 e. The maximum absolute atomic E-state index is 5.80. The summed E-state index contributed by atoms with van der Waals surface area (Å²) in [6, 6.07) is 14.9. The van der Waals surface area contributed by atoms with Crippen molar-refractivity contribution in [3.8, 4) is 17.0 Å². The van der Waals surface area contributed by atoms with Crippen LogP contribution in [0.1, 0.15) is 29.5 Å². The molecule has 1 aliphatic carbocycles. The number of fused-ring (bicyclic) bond motifs is 1. The number of nitrogens with zero attached hydrogens (tertiary/aromatic N) is 4. The van der Waals surface area contributed by atoms with E-state index in [0.717, 1.165) is 46.6 Å². The summed E-state index contributed by atoms with van der Waals surface area (Å²) in [5.41, 5.74) is 8.09. The van der Waals surface area contributed by atoms with Crippen LogP contribution in [0.4, 0.5) is 5.69 Å². The van der Waals surface area contributed by atoms with Crippen molar-refractivity contribution in [2.45, 2.75) is 38.3 Å². The summed E-state index contributed by atoms with van der Waals surface area (Å²) < 4.78 is 7.90. The number of benzene rings is 1. The molecule has 1 aliphatic rings. The highest BCUT2D eigenvalue weighted by molar-refractivity contribution is 7.98. The summed E-state index contributed by atoms with van der Waals surface area (Å²) in [6.07, 6.45) is 8.53. The molecule has 0 unspecified atom stereocenters. The first-order chi connectivity index (χ1) is 16.1. The van der Waals surface area contributed by atoms with Gasteiger partial charge < -0.3 is 9.64 Å². The molecule has 5 nitrogen and oxygen atoms in total. The van der Waals surface area contributed by atoms with Crippen molar-refractivity contribution in [3.05, 3.63) is 71.5 Å². The Morgan fingerprint density at radius 1 is 1.15 bits per heavy atom. The molecular weight excluding hydrogens is 428 g/mol. The SMILES string of the molecule is COc1cc(C)cc(C)c1-c1cccc2c(N(Cc3cccnc3)CC3CC3)c(SC)nn12. The molecule has 3 aromatic heterocycles. The number of methoxy groups -OCH3 is 1. The molecule has 1 saturated carbocycles. The third-order valence-electron chi connectivity index (χ3n) is 6.30. The van der Waals surface area contributed by atoms with E-state index in [-0.39, 0.29) is 0 Å². The molecule has 0 bridgehead atoms. The fraction of sp³-hybridized carbons (Fsp3) is 0.333. The van der Waals surface area contributed by atoms with Crippen LogP contribution in [-0.4, -0.2) is 34.5 Å². The summed E-state index contributed by atoms with van der Waals surface area (Å²) in [5.74, 6) is 1.64. The Labute approximate surface area is 199 Å². The van der Waals surface area contributed by atoms with E-state index in [1.54, 1.807) is 18.9 Å². The standard InChI is InChI=1S/C27H30N4OS/c1-18-13-19(2)25(24(14-18)32-3)22-8-5-9-23-26(27(33-4)29-31(22)23)30(16-20-10-11-20)17-21-7-6-12-28-15-21/h5-9,12-15,20H,10-11,16-17H2,1-4H3. The van der Waals surface area contributed by atoms with E-state index >= 15 is 0 Å². The summed E-state index contributed by atoms with van der Waals surface area (Å²) in [5, 5.41) is 6.16. The Morgan fingerprint density at radius 3 is 2.70 bits per heavy atom. The van der Waals surface area contributed by atoms with Crippen LogP contribution in [0.2, 0.25) is 0 Å². The molecule has 0 radical (unpaired) electrons. The zero-order valence-corrected chi connectivity index (χ0v) is 20.5. The van der Waals surface area contributed by atoms with Crippen LogP contribution in [0.25, 0.3) is 16.8 Å². The molecule has 0 saturated heterocycles. The van der Waals surface area contributed by atoms with Gasteiger partial charge in [-0.25, -0.2) is 4.52 Å². The van der Waals surface area contributed by atoms with Gasteiger partial charge in [0.2, 0.25) is 0 Å². The highest BCUT2D eigenvalue weighted by Gasteiger charge is 2.28. The molecule has 3 heterocycles. The fourth-order valence-corrected chi connectivity index (χ4v) is 5.23. The number of pyridine rings is 2. The molecule has 5 rings (SSSR count). The van der Waals surface area contributed by atoms with Gasteiger partial charge in [0.1, 0.15) is 10.8 Å². The molecule has 1 aromatic carbocycles. The van der Waals surface area contributed by atoms with Crippen molar-refractivity contribution < 1.29 is 4.74 Å². The highest BCUT2D eigenvalue weighted by atomic mass is 32.2. The Kier molecular flexibility index (Phi) is 6.02. The van der Waals surface area contributed by atoms with Gasteiger partial charge in [-0.1, -0.05) is 18.2 Å². The van der Waals surface area contributed by atoms with Gasteiger partial charge in [-0.15, -0.1) is 11.8 Å². The smallest absolute Gasteiger partial charge is 0.142 e. The molecule has 0 aliphatic heterocycles. The minimum absolute atomic E-state index is 0.758. The zero-order valence-electron chi connectivity index (χ0n) is 19.7. The number of anilines is 1. The number of thioether (sulfide) groups is 1. The van der Waals surface area contributed by atoms with Crippen LogP contribution in [0.5, 0.6) is 5.75 Å². The monoisotopic (exact) mass is 458 g/mol. The lowest BCUT2D eigenvalue weighted by Crippen LogP contribution is -2.25. The summed E-state index contributed by atoms with van der Waals surface area (Å²) >= 11 is 1.71. The molecule has 6 heteroatoms. The highest BCUT2D eigenvalue weighted by Crippen LogP contribution is 2.41. The van der Waals surface area contributed by atoms with Crippen LogP contribution in [0.15, 0.2) is 59.9 Å². The first-order valence-corrected chi connectivity index (χ1v) is 12.7. The van der Waals surface area contributed by atoms with E-state index in [2.05, 4.69) is 70.9 Å². The van der Waals surface area contributed by atoms with E-state index in [0.29, 0.717) is 0 Å². The quantitative estimate of drug-likeness (QED) is 0.296. The van der Waals surface area contributed by atoms with E-state index < -0.39 is 0 Å². The maximum atomic E-state index is 5.80. The van der Waals surface area contributed by atoms with Crippen molar-refractivity contribution in [1.82, 2.24) is 14.6 Å². The lowest BCUT2D eigenvalue weighted by atomic mass is 10.0. The minimum Gasteiger partial charge on any atom is -0.496 e. The van der Waals surface area contributed by atoms with Crippen molar-refractivity contribution in [3.63, 3.8) is 0 Å². The van der Waals surface area contributed by atoms with Gasteiger partial charge in [-0.05, 0) is 79.8 Å². The molecule has 4 aromatic rings. The summed E-state index contributed by atoms with van der Waals surface area (Å²) in [6.45, 7) is 6.12. The average molecular weight is 459 g/mol. The molecule has 0 amide bonds. The number of hydrogen-bond donors (Lipinski definition) is 0. The lowest BCUT2D eigenvalue weighted by molar-refractivity contribution is 0.415. The van der Waals surface area contributed by atoms with Gasteiger partial charge in [0.05, 0.1) is 24.0 Å². The van der Waals surface area contributed by atoms with Gasteiger partial charge in [-0.3, -0.25) is 4.98 Å². The second kappa shape index (κ2) is 9.10. The molecule has 1 fully saturated rings. The van der Waals surface area contributed by atoms with E-state index in [4.69, 9.17) is 9.84 Å². The van der Waals surface area contributed by atoms with Crippen LogP contribution in [0, 0.1) is 19.8 Å². The van der Waals surface area contributed by atoms with Crippen LogP contribution in [-0.2, 0) is 6.54 Å². The summed E-state index contributed by atoms with van der Waals surface area (Å²) in [7, 11) is 1.74. The van der Waals surface area contributed by atoms with Crippen molar-refractivity contribution in [2.24, 2.45) is 5.92 Å². The van der Waals surface area contributed by atoms with E-state index in [1.165, 1.54) is 35.2 Å². The Bertz CT molecular complexity index is 1280.